The Morgan fingerprint density at radius 3 is 2.50 bits per heavy atom. The second-order valence-electron chi connectivity index (χ2n) is 4.30. The standard InChI is InChI=1S/C13H17F2N3O2/c1-4-16-13(20)18-12(19)8(3)17-11-6-9(14)7(2)5-10(11)15/h5-6,8,17H,4H2,1-3H3,(H2,16,18,19,20). The van der Waals surface area contributed by atoms with Crippen LogP contribution in [0.1, 0.15) is 19.4 Å². The Labute approximate surface area is 115 Å². The first-order valence-electron chi connectivity index (χ1n) is 6.16. The van der Waals surface area contributed by atoms with Gasteiger partial charge in [0.05, 0.1) is 5.69 Å². The molecule has 0 bridgehead atoms. The van der Waals surface area contributed by atoms with Crippen molar-refractivity contribution in [1.82, 2.24) is 10.6 Å². The molecule has 1 rings (SSSR count). The summed E-state index contributed by atoms with van der Waals surface area (Å²) in [6.45, 7) is 4.95. The van der Waals surface area contributed by atoms with Gasteiger partial charge in [-0.2, -0.15) is 0 Å². The van der Waals surface area contributed by atoms with Crippen LogP contribution in [0.4, 0.5) is 19.3 Å². The van der Waals surface area contributed by atoms with E-state index >= 15 is 0 Å². The number of carbonyl (C=O) groups is 2. The lowest BCUT2D eigenvalue weighted by atomic mass is 10.2. The Hall–Kier alpha value is -2.18. The topological polar surface area (TPSA) is 70.2 Å². The molecule has 5 nitrogen and oxygen atoms in total. The number of rotatable bonds is 4. The molecule has 0 aliphatic rings. The molecule has 3 amide bonds. The quantitative estimate of drug-likeness (QED) is 0.791. The van der Waals surface area contributed by atoms with E-state index < -0.39 is 29.6 Å². The Morgan fingerprint density at radius 2 is 1.90 bits per heavy atom. The summed E-state index contributed by atoms with van der Waals surface area (Å²) < 4.78 is 26.9. The molecule has 0 aliphatic heterocycles. The highest BCUT2D eigenvalue weighted by molar-refractivity contribution is 5.97. The molecule has 0 radical (unpaired) electrons. The van der Waals surface area contributed by atoms with Crippen LogP contribution in [0.5, 0.6) is 0 Å². The van der Waals surface area contributed by atoms with E-state index in [1.165, 1.54) is 13.8 Å². The lowest BCUT2D eigenvalue weighted by molar-refractivity contribution is -0.120. The summed E-state index contributed by atoms with van der Waals surface area (Å²) in [5.41, 5.74) is 0.0409. The highest BCUT2D eigenvalue weighted by Gasteiger charge is 2.17. The van der Waals surface area contributed by atoms with Crippen LogP contribution < -0.4 is 16.0 Å². The second-order valence-corrected chi connectivity index (χ2v) is 4.30. The van der Waals surface area contributed by atoms with Crippen LogP contribution >= 0.6 is 0 Å². The molecule has 0 saturated carbocycles. The molecule has 110 valence electrons. The highest BCUT2D eigenvalue weighted by atomic mass is 19.1. The lowest BCUT2D eigenvalue weighted by Crippen LogP contribution is -2.45. The summed E-state index contributed by atoms with van der Waals surface area (Å²) in [5, 5.41) is 6.99. The first-order chi connectivity index (χ1) is 9.35. The normalized spacial score (nSPS) is 11.7. The van der Waals surface area contributed by atoms with Crippen LogP contribution in [0.25, 0.3) is 0 Å². The van der Waals surface area contributed by atoms with Gasteiger partial charge in [0.15, 0.2) is 0 Å². The molecule has 0 aliphatic carbocycles. The van der Waals surface area contributed by atoms with E-state index in [9.17, 15) is 18.4 Å². The third-order valence-corrected chi connectivity index (χ3v) is 2.59. The number of carbonyl (C=O) groups excluding carboxylic acids is 2. The average Bonchev–Trinajstić information content (AvgIpc) is 2.35. The third kappa shape index (κ3) is 4.18. The van der Waals surface area contributed by atoms with Crippen molar-refractivity contribution in [2.75, 3.05) is 11.9 Å². The molecule has 0 heterocycles. The Kier molecular flexibility index (Phi) is 5.42. The zero-order valence-electron chi connectivity index (χ0n) is 11.5. The minimum atomic E-state index is -0.894. The predicted molar refractivity (Wildman–Crippen MR) is 71.4 cm³/mol. The number of hydrogen-bond acceptors (Lipinski definition) is 3. The summed E-state index contributed by atoms with van der Waals surface area (Å²) in [6, 6.07) is 0.475. The van der Waals surface area contributed by atoms with Gasteiger partial charge in [-0.05, 0) is 32.4 Å². The molecule has 1 aromatic rings. The predicted octanol–water partition coefficient (Wildman–Crippen LogP) is 1.92. The molecule has 1 unspecified atom stereocenters. The van der Waals surface area contributed by atoms with Crippen molar-refractivity contribution in [3.05, 3.63) is 29.3 Å². The first kappa shape index (κ1) is 15.9. The maximum atomic E-state index is 13.6. The number of halogens is 2. The third-order valence-electron chi connectivity index (χ3n) is 2.59. The number of hydrogen-bond donors (Lipinski definition) is 3. The molecule has 7 heteroatoms. The smallest absolute Gasteiger partial charge is 0.321 e. The molecular weight excluding hydrogens is 268 g/mol. The van der Waals surface area contributed by atoms with E-state index in [2.05, 4.69) is 16.0 Å². The SMILES string of the molecule is CCNC(=O)NC(=O)C(C)Nc1cc(F)c(C)cc1F. The van der Waals surface area contributed by atoms with Crippen LogP contribution in [0.15, 0.2) is 12.1 Å². The number of amides is 3. The van der Waals surface area contributed by atoms with Gasteiger partial charge in [0.2, 0.25) is 5.91 Å². The van der Waals surface area contributed by atoms with Crippen molar-refractivity contribution in [3.8, 4) is 0 Å². The van der Waals surface area contributed by atoms with Gasteiger partial charge in [-0.1, -0.05) is 0 Å². The fraction of sp³-hybridized carbons (Fsp3) is 0.385. The van der Waals surface area contributed by atoms with E-state index in [1.54, 1.807) is 6.92 Å². The van der Waals surface area contributed by atoms with Crippen LogP contribution in [0.3, 0.4) is 0 Å². The van der Waals surface area contributed by atoms with Crippen LogP contribution in [0, 0.1) is 18.6 Å². The summed E-state index contributed by atoms with van der Waals surface area (Å²) in [4.78, 5) is 22.8. The van der Waals surface area contributed by atoms with E-state index in [1.807, 2.05) is 0 Å². The van der Waals surface area contributed by atoms with Crippen LogP contribution in [-0.2, 0) is 4.79 Å². The van der Waals surface area contributed by atoms with Crippen molar-refractivity contribution >= 4 is 17.6 Å². The van der Waals surface area contributed by atoms with Gasteiger partial charge in [-0.3, -0.25) is 10.1 Å². The van der Waals surface area contributed by atoms with Crippen molar-refractivity contribution in [2.24, 2.45) is 0 Å². The minimum absolute atomic E-state index is 0.133. The fourth-order valence-electron chi connectivity index (χ4n) is 1.48. The van der Waals surface area contributed by atoms with Crippen LogP contribution in [-0.4, -0.2) is 24.5 Å². The molecule has 0 spiro atoms. The zero-order valence-corrected chi connectivity index (χ0v) is 11.5. The Bertz CT molecular complexity index is 521. The second kappa shape index (κ2) is 6.83. The summed E-state index contributed by atoms with van der Waals surface area (Å²) in [6.07, 6.45) is 0. The summed E-state index contributed by atoms with van der Waals surface area (Å²) in [7, 11) is 0. The molecule has 1 atom stereocenters. The largest absolute Gasteiger partial charge is 0.371 e. The maximum Gasteiger partial charge on any atom is 0.321 e. The molecule has 0 aromatic heterocycles. The summed E-state index contributed by atoms with van der Waals surface area (Å²) in [5.74, 6) is -1.89. The number of urea groups is 1. The van der Waals surface area contributed by atoms with Gasteiger partial charge in [0.1, 0.15) is 17.7 Å². The van der Waals surface area contributed by atoms with Crippen molar-refractivity contribution in [3.63, 3.8) is 0 Å². The maximum absolute atomic E-state index is 13.6. The van der Waals surface area contributed by atoms with Gasteiger partial charge in [-0.25, -0.2) is 13.6 Å². The number of nitrogens with one attached hydrogen (secondary N) is 3. The zero-order chi connectivity index (χ0) is 15.3. The number of aryl methyl sites for hydroxylation is 1. The van der Waals surface area contributed by atoms with Gasteiger partial charge in [-0.15, -0.1) is 0 Å². The van der Waals surface area contributed by atoms with E-state index in [4.69, 9.17) is 0 Å². The van der Waals surface area contributed by atoms with Crippen LogP contribution in [0.2, 0.25) is 0 Å². The molecule has 0 fully saturated rings. The molecule has 20 heavy (non-hydrogen) atoms. The molecule has 3 N–H and O–H groups in total. The van der Waals surface area contributed by atoms with Crippen molar-refractivity contribution in [1.29, 1.82) is 0 Å². The highest BCUT2D eigenvalue weighted by Crippen LogP contribution is 2.19. The van der Waals surface area contributed by atoms with Gasteiger partial charge in [0.25, 0.3) is 0 Å². The summed E-state index contributed by atoms with van der Waals surface area (Å²) >= 11 is 0. The average molecular weight is 285 g/mol. The van der Waals surface area contributed by atoms with Gasteiger partial charge >= 0.3 is 6.03 Å². The van der Waals surface area contributed by atoms with E-state index in [0.717, 1.165) is 12.1 Å². The minimum Gasteiger partial charge on any atom is -0.371 e. The number of imide groups is 1. The van der Waals surface area contributed by atoms with Crippen molar-refractivity contribution < 1.29 is 18.4 Å². The monoisotopic (exact) mass is 285 g/mol. The molecule has 0 saturated heterocycles. The molecule has 1 aromatic carbocycles. The van der Waals surface area contributed by atoms with Crippen molar-refractivity contribution in [2.45, 2.75) is 26.8 Å². The first-order valence-corrected chi connectivity index (χ1v) is 6.16. The Balaban J connectivity index is 2.71. The number of anilines is 1. The van der Waals surface area contributed by atoms with E-state index in [-0.39, 0.29) is 11.3 Å². The molecular formula is C13H17F2N3O2. The van der Waals surface area contributed by atoms with Gasteiger partial charge < -0.3 is 10.6 Å². The number of benzene rings is 1. The fourth-order valence-corrected chi connectivity index (χ4v) is 1.48. The van der Waals surface area contributed by atoms with Gasteiger partial charge in [0, 0.05) is 12.6 Å². The lowest BCUT2D eigenvalue weighted by Gasteiger charge is -2.15. The Morgan fingerprint density at radius 1 is 1.25 bits per heavy atom. The van der Waals surface area contributed by atoms with E-state index in [0.29, 0.717) is 6.54 Å².